The predicted molar refractivity (Wildman–Crippen MR) is 64.1 cm³/mol. The largest absolute Gasteiger partial charge is 0.273 e. The molecule has 0 radical (unpaired) electrons. The first-order valence-electron chi connectivity index (χ1n) is 5.59. The molecule has 1 aromatic carbocycles. The molecule has 18 heavy (non-hydrogen) atoms. The number of carbonyl (C=O) groups excluding carboxylic acids is 2. The van der Waals surface area contributed by atoms with Crippen LogP contribution in [0.3, 0.4) is 0 Å². The van der Waals surface area contributed by atoms with Crippen molar-refractivity contribution in [1.82, 2.24) is 10.9 Å². The van der Waals surface area contributed by atoms with Crippen LogP contribution in [0.5, 0.6) is 0 Å². The third kappa shape index (κ3) is 3.20. The highest BCUT2D eigenvalue weighted by Crippen LogP contribution is 2.28. The fourth-order valence-electron chi connectivity index (χ4n) is 1.48. The summed E-state index contributed by atoms with van der Waals surface area (Å²) in [6.45, 7) is 0. The molecule has 2 rings (SSSR count). The van der Waals surface area contributed by atoms with Gasteiger partial charge in [0.15, 0.2) is 0 Å². The Labute approximate surface area is 108 Å². The van der Waals surface area contributed by atoms with Gasteiger partial charge in [-0.05, 0) is 25.0 Å². The number of halogens is 2. The van der Waals surface area contributed by atoms with Gasteiger partial charge in [0.2, 0.25) is 11.8 Å². The van der Waals surface area contributed by atoms with Gasteiger partial charge in [-0.1, -0.05) is 17.7 Å². The predicted octanol–water partition coefficient (Wildman–Crippen LogP) is 1.58. The highest BCUT2D eigenvalue weighted by molar-refractivity contribution is 6.31. The van der Waals surface area contributed by atoms with Gasteiger partial charge in [-0.3, -0.25) is 20.4 Å². The second-order valence-electron chi connectivity index (χ2n) is 4.19. The quantitative estimate of drug-likeness (QED) is 0.820. The summed E-state index contributed by atoms with van der Waals surface area (Å²) in [5, 5.41) is 0.193. The van der Waals surface area contributed by atoms with E-state index in [2.05, 4.69) is 10.9 Å². The fourth-order valence-corrected chi connectivity index (χ4v) is 1.71. The summed E-state index contributed by atoms with van der Waals surface area (Å²) < 4.78 is 13.4. The van der Waals surface area contributed by atoms with Crippen molar-refractivity contribution < 1.29 is 14.0 Å². The SMILES string of the molecule is O=C(Cc1c(F)cccc1Cl)NNC(=O)C1CC1. The summed E-state index contributed by atoms with van der Waals surface area (Å²) >= 11 is 5.79. The minimum absolute atomic E-state index is 0.00218. The van der Waals surface area contributed by atoms with E-state index in [-0.39, 0.29) is 28.8 Å². The van der Waals surface area contributed by atoms with E-state index in [9.17, 15) is 14.0 Å². The van der Waals surface area contributed by atoms with Crippen molar-refractivity contribution in [2.45, 2.75) is 19.3 Å². The third-order valence-corrected chi connectivity index (χ3v) is 3.03. The van der Waals surface area contributed by atoms with Crippen LogP contribution in [0.1, 0.15) is 18.4 Å². The molecular weight excluding hydrogens is 259 g/mol. The van der Waals surface area contributed by atoms with Gasteiger partial charge in [0.25, 0.3) is 0 Å². The summed E-state index contributed by atoms with van der Waals surface area (Å²) in [6.07, 6.45) is 1.48. The molecule has 1 aliphatic rings. The average Bonchev–Trinajstić information content (AvgIpc) is 3.15. The molecule has 1 aliphatic carbocycles. The minimum atomic E-state index is -0.536. The van der Waals surface area contributed by atoms with Gasteiger partial charge in [0.1, 0.15) is 5.82 Å². The van der Waals surface area contributed by atoms with Crippen molar-refractivity contribution in [2.75, 3.05) is 0 Å². The number of nitrogens with one attached hydrogen (secondary N) is 2. The number of hydrazine groups is 1. The van der Waals surface area contributed by atoms with Crippen LogP contribution >= 0.6 is 11.6 Å². The van der Waals surface area contributed by atoms with Gasteiger partial charge < -0.3 is 0 Å². The molecule has 0 unspecified atom stereocenters. The van der Waals surface area contributed by atoms with Gasteiger partial charge >= 0.3 is 0 Å². The molecule has 0 saturated heterocycles. The van der Waals surface area contributed by atoms with Crippen LogP contribution in [0.25, 0.3) is 0 Å². The third-order valence-electron chi connectivity index (χ3n) is 2.67. The molecule has 96 valence electrons. The van der Waals surface area contributed by atoms with Crippen molar-refractivity contribution in [3.05, 3.63) is 34.6 Å². The maximum Gasteiger partial charge on any atom is 0.242 e. The lowest BCUT2D eigenvalue weighted by atomic mass is 10.1. The smallest absolute Gasteiger partial charge is 0.242 e. The highest BCUT2D eigenvalue weighted by atomic mass is 35.5. The Morgan fingerprint density at radius 3 is 2.67 bits per heavy atom. The monoisotopic (exact) mass is 270 g/mol. The van der Waals surface area contributed by atoms with Crippen LogP contribution in [-0.2, 0) is 16.0 Å². The topological polar surface area (TPSA) is 58.2 Å². The molecule has 0 aliphatic heterocycles. The number of carbonyl (C=O) groups is 2. The molecule has 0 aromatic heterocycles. The first-order valence-corrected chi connectivity index (χ1v) is 5.97. The van der Waals surface area contributed by atoms with Crippen molar-refractivity contribution in [1.29, 1.82) is 0 Å². The summed E-state index contributed by atoms with van der Waals surface area (Å²) in [5.74, 6) is -1.24. The molecule has 0 bridgehead atoms. The first-order chi connectivity index (χ1) is 8.58. The molecule has 2 amide bonds. The van der Waals surface area contributed by atoms with Crippen molar-refractivity contribution in [3.63, 3.8) is 0 Å². The van der Waals surface area contributed by atoms with Gasteiger partial charge in [0.05, 0.1) is 6.42 Å². The zero-order valence-electron chi connectivity index (χ0n) is 9.50. The number of rotatable bonds is 3. The first kappa shape index (κ1) is 12.8. The van der Waals surface area contributed by atoms with E-state index in [0.29, 0.717) is 0 Å². The second kappa shape index (κ2) is 5.35. The lowest BCUT2D eigenvalue weighted by Gasteiger charge is -2.08. The number of amides is 2. The Morgan fingerprint density at radius 2 is 2.06 bits per heavy atom. The molecule has 1 fully saturated rings. The van der Waals surface area contributed by atoms with Crippen LogP contribution in [0.4, 0.5) is 4.39 Å². The number of benzene rings is 1. The fraction of sp³-hybridized carbons (Fsp3) is 0.333. The summed E-state index contributed by atoms with van der Waals surface area (Å²) in [4.78, 5) is 22.8. The molecule has 1 aromatic rings. The zero-order chi connectivity index (χ0) is 13.1. The van der Waals surface area contributed by atoms with Crippen LogP contribution in [-0.4, -0.2) is 11.8 Å². The standard InChI is InChI=1S/C12H12ClFN2O2/c13-9-2-1-3-10(14)8(9)6-11(17)15-16-12(18)7-4-5-7/h1-3,7H,4-6H2,(H,15,17)(H,16,18). The van der Waals surface area contributed by atoms with Crippen LogP contribution in [0, 0.1) is 11.7 Å². The summed E-state index contributed by atoms with van der Waals surface area (Å²) in [5.41, 5.74) is 4.66. The molecule has 0 spiro atoms. The highest BCUT2D eigenvalue weighted by Gasteiger charge is 2.29. The zero-order valence-corrected chi connectivity index (χ0v) is 10.3. The Morgan fingerprint density at radius 1 is 1.33 bits per heavy atom. The molecule has 4 nitrogen and oxygen atoms in total. The van der Waals surface area contributed by atoms with E-state index >= 15 is 0 Å². The maximum absolute atomic E-state index is 13.4. The molecule has 0 atom stereocenters. The molecule has 1 saturated carbocycles. The van der Waals surface area contributed by atoms with Gasteiger partial charge in [0, 0.05) is 16.5 Å². The molecule has 2 N–H and O–H groups in total. The van der Waals surface area contributed by atoms with Gasteiger partial charge in [-0.15, -0.1) is 0 Å². The number of hydrogen-bond donors (Lipinski definition) is 2. The Balaban J connectivity index is 1.88. The maximum atomic E-state index is 13.4. The van der Waals surface area contributed by atoms with Crippen LogP contribution in [0.2, 0.25) is 5.02 Å². The van der Waals surface area contributed by atoms with Gasteiger partial charge in [-0.25, -0.2) is 4.39 Å². The molecular formula is C12H12ClFN2O2. The number of hydrogen-bond acceptors (Lipinski definition) is 2. The summed E-state index contributed by atoms with van der Waals surface area (Å²) in [7, 11) is 0. The lowest BCUT2D eigenvalue weighted by molar-refractivity contribution is -0.129. The van der Waals surface area contributed by atoms with E-state index < -0.39 is 11.7 Å². The second-order valence-corrected chi connectivity index (χ2v) is 4.60. The Kier molecular flexibility index (Phi) is 3.81. The molecule has 0 heterocycles. The van der Waals surface area contributed by atoms with Gasteiger partial charge in [-0.2, -0.15) is 0 Å². The Bertz CT molecular complexity index is 469. The van der Waals surface area contributed by atoms with E-state index in [1.165, 1.54) is 18.2 Å². The van der Waals surface area contributed by atoms with E-state index in [4.69, 9.17) is 11.6 Å². The normalized spacial score (nSPS) is 14.1. The van der Waals surface area contributed by atoms with Crippen molar-refractivity contribution in [3.8, 4) is 0 Å². The Hall–Kier alpha value is -1.62. The van der Waals surface area contributed by atoms with Crippen LogP contribution < -0.4 is 10.9 Å². The van der Waals surface area contributed by atoms with E-state index in [1.54, 1.807) is 0 Å². The average molecular weight is 271 g/mol. The van der Waals surface area contributed by atoms with Crippen LogP contribution in [0.15, 0.2) is 18.2 Å². The van der Waals surface area contributed by atoms with Crippen molar-refractivity contribution in [2.24, 2.45) is 5.92 Å². The minimum Gasteiger partial charge on any atom is -0.273 e. The summed E-state index contributed by atoms with van der Waals surface area (Å²) in [6, 6.07) is 4.21. The van der Waals surface area contributed by atoms with Crippen molar-refractivity contribution >= 4 is 23.4 Å². The molecule has 6 heteroatoms. The lowest BCUT2D eigenvalue weighted by Crippen LogP contribution is -2.43. The van der Waals surface area contributed by atoms with E-state index in [0.717, 1.165) is 12.8 Å². The van der Waals surface area contributed by atoms with E-state index in [1.807, 2.05) is 0 Å².